The summed E-state index contributed by atoms with van der Waals surface area (Å²) in [7, 11) is 0. The predicted molar refractivity (Wildman–Crippen MR) is 123 cm³/mol. The van der Waals surface area contributed by atoms with E-state index in [2.05, 4.69) is 10.6 Å². The minimum Gasteiger partial charge on any atom is -0.459 e. The standard InChI is InChI=1S/C25H19FN2O3S/c26-20-12-4-5-13-21(20)28-25(30)23(17-8-2-1-3-9-17)32-19-11-6-10-18(16-19)27-24(29)22-14-7-15-31-22/h1-16,23H,(H,27,29)(H,28,30). The fourth-order valence-corrected chi connectivity index (χ4v) is 4.13. The van der Waals surface area contributed by atoms with Crippen LogP contribution in [0.3, 0.4) is 0 Å². The average Bonchev–Trinajstić information content (AvgIpc) is 3.35. The van der Waals surface area contributed by atoms with Crippen molar-refractivity contribution < 1.29 is 18.4 Å². The molecule has 0 radical (unpaired) electrons. The Morgan fingerprint density at radius 2 is 1.62 bits per heavy atom. The molecule has 0 spiro atoms. The van der Waals surface area contributed by atoms with Crippen LogP contribution in [-0.2, 0) is 4.79 Å². The van der Waals surface area contributed by atoms with Gasteiger partial charge in [0.25, 0.3) is 5.91 Å². The topological polar surface area (TPSA) is 71.3 Å². The van der Waals surface area contributed by atoms with Gasteiger partial charge in [-0.2, -0.15) is 0 Å². The number of carbonyl (C=O) groups excluding carboxylic acids is 2. The Kier molecular flexibility index (Phi) is 6.67. The third kappa shape index (κ3) is 5.25. The quantitative estimate of drug-likeness (QED) is 0.334. The van der Waals surface area contributed by atoms with Crippen LogP contribution >= 0.6 is 11.8 Å². The van der Waals surface area contributed by atoms with Gasteiger partial charge in [-0.3, -0.25) is 9.59 Å². The van der Waals surface area contributed by atoms with Gasteiger partial charge < -0.3 is 15.1 Å². The van der Waals surface area contributed by atoms with Gasteiger partial charge in [-0.05, 0) is 48.0 Å². The van der Waals surface area contributed by atoms with Crippen LogP contribution in [0.4, 0.5) is 15.8 Å². The van der Waals surface area contributed by atoms with Crippen LogP contribution in [0, 0.1) is 5.82 Å². The van der Waals surface area contributed by atoms with Gasteiger partial charge in [0.1, 0.15) is 11.1 Å². The number of rotatable bonds is 7. The van der Waals surface area contributed by atoms with E-state index >= 15 is 0 Å². The lowest BCUT2D eigenvalue weighted by Crippen LogP contribution is -2.19. The summed E-state index contributed by atoms with van der Waals surface area (Å²) in [6, 6.07) is 25.7. The SMILES string of the molecule is O=C(Nc1cccc(SC(C(=O)Nc2ccccc2F)c2ccccc2)c1)c1ccco1. The first kappa shape index (κ1) is 21.4. The van der Waals surface area contributed by atoms with Gasteiger partial charge in [-0.1, -0.05) is 48.5 Å². The molecule has 1 aromatic heterocycles. The summed E-state index contributed by atoms with van der Waals surface area (Å²) in [6.07, 6.45) is 1.43. The van der Waals surface area contributed by atoms with Crippen LogP contribution in [-0.4, -0.2) is 11.8 Å². The van der Waals surface area contributed by atoms with Crippen molar-refractivity contribution in [3.63, 3.8) is 0 Å². The molecule has 32 heavy (non-hydrogen) atoms. The maximum absolute atomic E-state index is 14.1. The number of para-hydroxylation sites is 1. The van der Waals surface area contributed by atoms with E-state index in [1.54, 1.807) is 42.5 Å². The highest BCUT2D eigenvalue weighted by Crippen LogP contribution is 2.37. The van der Waals surface area contributed by atoms with Crippen molar-refractivity contribution in [3.8, 4) is 0 Å². The molecule has 4 aromatic rings. The van der Waals surface area contributed by atoms with Gasteiger partial charge in [0.2, 0.25) is 5.91 Å². The van der Waals surface area contributed by atoms with Crippen LogP contribution in [0.5, 0.6) is 0 Å². The number of anilines is 2. The summed E-state index contributed by atoms with van der Waals surface area (Å²) < 4.78 is 19.2. The van der Waals surface area contributed by atoms with Crippen molar-refractivity contribution in [1.29, 1.82) is 0 Å². The van der Waals surface area contributed by atoms with Crippen LogP contribution in [0.25, 0.3) is 0 Å². The number of hydrogen-bond donors (Lipinski definition) is 2. The third-order valence-electron chi connectivity index (χ3n) is 4.56. The molecule has 3 aromatic carbocycles. The molecule has 0 aliphatic rings. The molecular weight excluding hydrogens is 427 g/mol. The lowest BCUT2D eigenvalue weighted by Gasteiger charge is -2.18. The predicted octanol–water partition coefficient (Wildman–Crippen LogP) is 6.14. The molecule has 2 N–H and O–H groups in total. The molecule has 1 unspecified atom stereocenters. The van der Waals surface area contributed by atoms with Gasteiger partial charge in [0, 0.05) is 10.6 Å². The van der Waals surface area contributed by atoms with Crippen LogP contribution in [0.1, 0.15) is 21.4 Å². The second-order valence-electron chi connectivity index (χ2n) is 6.84. The highest BCUT2D eigenvalue weighted by atomic mass is 32.2. The van der Waals surface area contributed by atoms with Gasteiger partial charge in [0.05, 0.1) is 12.0 Å². The lowest BCUT2D eigenvalue weighted by atomic mass is 10.1. The number of thioether (sulfide) groups is 1. The monoisotopic (exact) mass is 446 g/mol. The average molecular weight is 447 g/mol. The second kappa shape index (κ2) is 9.98. The van der Waals surface area contributed by atoms with E-state index in [4.69, 9.17) is 4.42 Å². The van der Waals surface area contributed by atoms with E-state index in [0.29, 0.717) is 5.69 Å². The zero-order chi connectivity index (χ0) is 22.3. The molecule has 0 saturated carbocycles. The maximum atomic E-state index is 14.1. The fourth-order valence-electron chi connectivity index (χ4n) is 3.05. The smallest absolute Gasteiger partial charge is 0.291 e. The molecule has 0 fully saturated rings. The molecule has 1 heterocycles. The van der Waals surface area contributed by atoms with Crippen LogP contribution in [0.15, 0.2) is 107 Å². The third-order valence-corrected chi connectivity index (χ3v) is 5.81. The molecule has 0 aliphatic carbocycles. The minimum absolute atomic E-state index is 0.124. The second-order valence-corrected chi connectivity index (χ2v) is 8.02. The Morgan fingerprint density at radius 1 is 0.844 bits per heavy atom. The first-order valence-corrected chi connectivity index (χ1v) is 10.7. The van der Waals surface area contributed by atoms with Crippen molar-refractivity contribution in [3.05, 3.63) is 114 Å². The Labute approximate surface area is 188 Å². The van der Waals surface area contributed by atoms with Crippen LogP contribution < -0.4 is 10.6 Å². The summed E-state index contributed by atoms with van der Waals surface area (Å²) >= 11 is 1.30. The number of hydrogen-bond acceptors (Lipinski definition) is 4. The number of benzene rings is 3. The Morgan fingerprint density at radius 3 is 2.38 bits per heavy atom. The summed E-state index contributed by atoms with van der Waals surface area (Å²) in [5.74, 6) is -1.01. The van der Waals surface area contributed by atoms with E-state index in [0.717, 1.165) is 10.5 Å². The molecule has 160 valence electrons. The number of halogens is 1. The summed E-state index contributed by atoms with van der Waals surface area (Å²) in [5.41, 5.74) is 1.47. The first-order chi connectivity index (χ1) is 15.6. The molecule has 1 atom stereocenters. The maximum Gasteiger partial charge on any atom is 0.291 e. The largest absolute Gasteiger partial charge is 0.459 e. The van der Waals surface area contributed by atoms with E-state index in [1.165, 1.54) is 30.2 Å². The molecule has 0 saturated heterocycles. The van der Waals surface area contributed by atoms with Crippen molar-refractivity contribution in [2.45, 2.75) is 10.1 Å². The molecule has 7 heteroatoms. The van der Waals surface area contributed by atoms with Crippen molar-refractivity contribution >= 4 is 35.0 Å². The molecular formula is C25H19FN2O3S. The van der Waals surface area contributed by atoms with E-state index in [-0.39, 0.29) is 23.3 Å². The van der Waals surface area contributed by atoms with Crippen molar-refractivity contribution in [2.75, 3.05) is 10.6 Å². The number of amides is 2. The Hall–Kier alpha value is -3.84. The normalized spacial score (nSPS) is 11.5. The Bertz CT molecular complexity index is 1210. The van der Waals surface area contributed by atoms with Gasteiger partial charge in [-0.25, -0.2) is 4.39 Å². The lowest BCUT2D eigenvalue weighted by molar-refractivity contribution is -0.115. The molecule has 0 bridgehead atoms. The molecule has 5 nitrogen and oxygen atoms in total. The first-order valence-electron chi connectivity index (χ1n) is 9.82. The highest BCUT2D eigenvalue weighted by molar-refractivity contribution is 8.00. The van der Waals surface area contributed by atoms with Gasteiger partial charge >= 0.3 is 0 Å². The summed E-state index contributed by atoms with van der Waals surface area (Å²) in [5, 5.41) is 4.82. The van der Waals surface area contributed by atoms with E-state index < -0.39 is 11.1 Å². The minimum atomic E-state index is -0.633. The van der Waals surface area contributed by atoms with E-state index in [1.807, 2.05) is 36.4 Å². The van der Waals surface area contributed by atoms with Crippen LogP contribution in [0.2, 0.25) is 0 Å². The number of furan rings is 1. The zero-order valence-electron chi connectivity index (χ0n) is 16.8. The van der Waals surface area contributed by atoms with Gasteiger partial charge in [0.15, 0.2) is 5.76 Å². The molecule has 4 rings (SSSR count). The number of nitrogens with one attached hydrogen (secondary N) is 2. The summed E-state index contributed by atoms with van der Waals surface area (Å²) in [6.45, 7) is 0. The highest BCUT2D eigenvalue weighted by Gasteiger charge is 2.23. The molecule has 0 aliphatic heterocycles. The van der Waals surface area contributed by atoms with Crippen molar-refractivity contribution in [2.24, 2.45) is 0 Å². The Balaban J connectivity index is 1.55. The molecule has 2 amide bonds. The van der Waals surface area contributed by atoms with Crippen molar-refractivity contribution in [1.82, 2.24) is 0 Å². The number of carbonyl (C=O) groups is 2. The van der Waals surface area contributed by atoms with E-state index in [9.17, 15) is 14.0 Å². The zero-order valence-corrected chi connectivity index (χ0v) is 17.6. The van der Waals surface area contributed by atoms with Gasteiger partial charge in [-0.15, -0.1) is 11.8 Å². The summed E-state index contributed by atoms with van der Waals surface area (Å²) in [4.78, 5) is 26.1. The fraction of sp³-hybridized carbons (Fsp3) is 0.0400.